The smallest absolute Gasteiger partial charge is 0.258 e. The number of phenolic OH excluding ortho intramolecular Hbond substituents is 1. The second kappa shape index (κ2) is 11.2. The van der Waals surface area contributed by atoms with Crippen molar-refractivity contribution in [3.63, 3.8) is 0 Å². The summed E-state index contributed by atoms with van der Waals surface area (Å²) in [4.78, 5) is 66.5. The number of Topliss-reactive ketones (excluding diaryl/α,β-unsaturated/α-hetero) is 1. The summed E-state index contributed by atoms with van der Waals surface area (Å²) >= 11 is 18.1. The minimum Gasteiger partial charge on any atom is -0.503 e. The Balaban J connectivity index is 1.39. The molecule has 2 heterocycles. The van der Waals surface area contributed by atoms with Crippen molar-refractivity contribution in [1.29, 1.82) is 0 Å². The molecular formula is C35H26BrCl2FN2O7. The van der Waals surface area contributed by atoms with Gasteiger partial charge in [-0.3, -0.25) is 28.9 Å². The number of benzene rings is 3. The van der Waals surface area contributed by atoms with Gasteiger partial charge in [-0.25, -0.2) is 9.29 Å². The summed E-state index contributed by atoms with van der Waals surface area (Å²) in [5.41, 5.74) is 1.68. The number of imide groups is 2. The van der Waals surface area contributed by atoms with E-state index < -0.39 is 62.9 Å². The number of halogens is 4. The number of amides is 4. The lowest BCUT2D eigenvalue weighted by Crippen LogP contribution is -2.60. The number of hydrogen-bond acceptors (Lipinski definition) is 7. The van der Waals surface area contributed by atoms with Crippen molar-refractivity contribution in [2.75, 3.05) is 16.9 Å². The van der Waals surface area contributed by atoms with E-state index in [2.05, 4.69) is 15.9 Å². The molecule has 3 fully saturated rings. The first kappa shape index (κ1) is 32.5. The Morgan fingerprint density at radius 2 is 1.56 bits per heavy atom. The van der Waals surface area contributed by atoms with Gasteiger partial charge in [0.1, 0.15) is 5.82 Å². The summed E-state index contributed by atoms with van der Waals surface area (Å²) in [6.45, 7) is 1.41. The third-order valence-electron chi connectivity index (χ3n) is 10.0. The number of fused-ring (bicyclic) bond motifs is 4. The third-order valence-corrected chi connectivity index (χ3v) is 12.0. The van der Waals surface area contributed by atoms with Crippen LogP contribution in [0, 0.1) is 23.6 Å². The lowest BCUT2D eigenvalue weighted by atomic mass is 9.56. The minimum atomic E-state index is -2.15. The Morgan fingerprint density at radius 1 is 0.938 bits per heavy atom. The van der Waals surface area contributed by atoms with E-state index in [4.69, 9.17) is 27.9 Å². The molecular weight excluding hydrogens is 730 g/mol. The Labute approximate surface area is 292 Å². The molecule has 1 N–H and O–H groups in total. The summed E-state index contributed by atoms with van der Waals surface area (Å²) in [5.74, 6) is -7.21. The molecule has 6 atom stereocenters. The molecule has 4 aliphatic rings. The normalized spacial score (nSPS) is 29.4. The number of ketones is 1. The highest BCUT2D eigenvalue weighted by molar-refractivity contribution is 9.10. The van der Waals surface area contributed by atoms with Crippen LogP contribution < -0.4 is 14.5 Å². The van der Waals surface area contributed by atoms with Gasteiger partial charge < -0.3 is 9.84 Å². The van der Waals surface area contributed by atoms with Gasteiger partial charge in [0, 0.05) is 11.5 Å². The number of rotatable bonds is 5. The van der Waals surface area contributed by atoms with Crippen LogP contribution in [0.2, 0.25) is 0 Å². The summed E-state index contributed by atoms with van der Waals surface area (Å²) < 4.78 is 19.5. The molecule has 2 aliphatic carbocycles. The fraction of sp³-hybridized carbons (Fsp3) is 0.286. The van der Waals surface area contributed by atoms with Crippen LogP contribution in [-0.2, 0) is 19.2 Å². The minimum absolute atomic E-state index is 0.0516. The first-order valence-corrected chi connectivity index (χ1v) is 16.6. The molecule has 0 bridgehead atoms. The molecule has 2 aliphatic heterocycles. The zero-order chi connectivity index (χ0) is 34.4. The molecule has 1 saturated carbocycles. The number of alkyl halides is 2. The fourth-order valence-corrected chi connectivity index (χ4v) is 9.18. The summed E-state index contributed by atoms with van der Waals surface area (Å²) in [7, 11) is 1.35. The van der Waals surface area contributed by atoms with E-state index in [-0.39, 0.29) is 40.3 Å². The average molecular weight is 756 g/mol. The molecule has 7 rings (SSSR count). The van der Waals surface area contributed by atoms with Crippen LogP contribution in [0.4, 0.5) is 15.8 Å². The first-order chi connectivity index (χ1) is 22.7. The van der Waals surface area contributed by atoms with Crippen molar-refractivity contribution < 1.29 is 38.2 Å². The van der Waals surface area contributed by atoms with Gasteiger partial charge in [0.15, 0.2) is 27.0 Å². The number of anilines is 2. The van der Waals surface area contributed by atoms with Gasteiger partial charge in [-0.2, -0.15) is 0 Å². The maximum absolute atomic E-state index is 14.5. The van der Waals surface area contributed by atoms with E-state index >= 15 is 0 Å². The molecule has 3 aromatic carbocycles. The summed E-state index contributed by atoms with van der Waals surface area (Å²) in [5, 5.41) is 10.6. The average Bonchev–Trinajstić information content (AvgIpc) is 3.40. The Hall–Kier alpha value is -4.06. The van der Waals surface area contributed by atoms with Crippen LogP contribution in [0.1, 0.15) is 41.6 Å². The van der Waals surface area contributed by atoms with Crippen LogP contribution in [0.5, 0.6) is 11.5 Å². The third kappa shape index (κ3) is 4.36. The van der Waals surface area contributed by atoms with E-state index in [1.807, 2.05) is 0 Å². The highest BCUT2D eigenvalue weighted by Crippen LogP contribution is 2.66. The first-order valence-electron chi connectivity index (χ1n) is 15.0. The molecule has 4 amide bonds. The lowest BCUT2D eigenvalue weighted by Gasteiger charge is -2.50. The van der Waals surface area contributed by atoms with Gasteiger partial charge in [-0.1, -0.05) is 11.6 Å². The molecule has 0 unspecified atom stereocenters. The van der Waals surface area contributed by atoms with Crippen LogP contribution in [0.3, 0.4) is 0 Å². The number of allylic oxidation sites excluding steroid dienone is 2. The van der Waals surface area contributed by atoms with Gasteiger partial charge in [0.2, 0.25) is 11.8 Å². The van der Waals surface area contributed by atoms with Gasteiger partial charge in [-0.05, 0) is 108 Å². The molecule has 3 aromatic rings. The predicted molar refractivity (Wildman–Crippen MR) is 178 cm³/mol. The molecule has 0 aromatic heterocycles. The predicted octanol–water partition coefficient (Wildman–Crippen LogP) is 6.27. The van der Waals surface area contributed by atoms with Crippen molar-refractivity contribution in [1.82, 2.24) is 0 Å². The zero-order valence-corrected chi connectivity index (χ0v) is 28.5. The summed E-state index contributed by atoms with van der Waals surface area (Å²) in [6.07, 6.45) is 1.68. The topological polar surface area (TPSA) is 121 Å². The number of phenols is 1. The highest BCUT2D eigenvalue weighted by Gasteiger charge is 2.76. The second-order valence-corrected chi connectivity index (χ2v) is 14.5. The van der Waals surface area contributed by atoms with Gasteiger partial charge in [-0.15, -0.1) is 23.2 Å². The summed E-state index contributed by atoms with van der Waals surface area (Å²) in [6, 6.07) is 13.9. The zero-order valence-electron chi connectivity index (χ0n) is 25.4. The quantitative estimate of drug-likeness (QED) is 0.141. The van der Waals surface area contributed by atoms with Crippen LogP contribution in [0.25, 0.3) is 0 Å². The maximum Gasteiger partial charge on any atom is 0.258 e. The number of nitrogens with zero attached hydrogens (tertiary/aromatic N) is 2. The van der Waals surface area contributed by atoms with E-state index in [1.54, 1.807) is 24.3 Å². The Morgan fingerprint density at radius 3 is 2.19 bits per heavy atom. The van der Waals surface area contributed by atoms with Gasteiger partial charge in [0.05, 0.1) is 34.8 Å². The molecule has 246 valence electrons. The number of ether oxygens (including phenoxy) is 1. The van der Waals surface area contributed by atoms with E-state index in [9.17, 15) is 33.5 Å². The van der Waals surface area contributed by atoms with Crippen molar-refractivity contribution in [3.05, 3.63) is 93.7 Å². The van der Waals surface area contributed by atoms with Crippen LogP contribution in [-0.4, -0.2) is 51.4 Å². The van der Waals surface area contributed by atoms with E-state index in [1.165, 1.54) is 44.4 Å². The number of aromatic hydroxyl groups is 1. The Kier molecular flexibility index (Phi) is 7.61. The molecule has 9 nitrogen and oxygen atoms in total. The van der Waals surface area contributed by atoms with Crippen molar-refractivity contribution in [3.8, 4) is 11.5 Å². The molecule has 0 radical (unpaired) electrons. The number of hydrogen-bond donors (Lipinski definition) is 1. The largest absolute Gasteiger partial charge is 0.503 e. The van der Waals surface area contributed by atoms with Gasteiger partial charge >= 0.3 is 0 Å². The SMILES string of the molecule is COc1cc([C@H]2C3=CC[C@@H]4C(=O)N(c5ccc(C(C)=O)cc5)C(=O)[C@@H]4[C@@H]3C[C@@]3(Cl)C(=O)N(c4ccc(F)cc4)C(=O)[C@@]23Cl)cc(Br)c1O. The number of carbonyl (C=O) groups is 5. The monoisotopic (exact) mass is 754 g/mol. The second-order valence-electron chi connectivity index (χ2n) is 12.4. The molecule has 48 heavy (non-hydrogen) atoms. The lowest BCUT2D eigenvalue weighted by molar-refractivity contribution is -0.125. The Bertz CT molecular complexity index is 1990. The fourth-order valence-electron chi connectivity index (χ4n) is 7.79. The van der Waals surface area contributed by atoms with Crippen molar-refractivity contribution in [2.45, 2.75) is 35.4 Å². The van der Waals surface area contributed by atoms with Gasteiger partial charge in [0.25, 0.3) is 11.8 Å². The number of carbonyl (C=O) groups excluding carboxylic acids is 5. The van der Waals surface area contributed by atoms with Crippen molar-refractivity contribution >= 4 is 79.9 Å². The van der Waals surface area contributed by atoms with E-state index in [0.29, 0.717) is 22.4 Å². The van der Waals surface area contributed by atoms with Crippen molar-refractivity contribution in [2.24, 2.45) is 17.8 Å². The number of methoxy groups -OCH3 is 1. The van der Waals surface area contributed by atoms with E-state index in [0.717, 1.165) is 21.9 Å². The standard InChI is InChI=1S/C35H26BrCl2FN2O7/c1-16(42)17-3-7-20(8-4-17)40-30(44)23-12-11-22-24(27(23)31(40)45)15-34(37)32(46)41(21-9-5-19(39)6-10-21)33(47)35(34,38)28(22)18-13-25(36)29(43)26(14-18)48-2/h3-11,13-14,23-24,27-28,43H,12,15H2,1-2H3/t23-,24+,27-,28-,34+,35-/m0/s1. The highest BCUT2D eigenvalue weighted by atomic mass is 79.9. The molecule has 13 heteroatoms. The van der Waals surface area contributed by atoms with Crippen LogP contribution in [0.15, 0.2) is 76.8 Å². The maximum atomic E-state index is 14.5. The molecule has 0 spiro atoms. The van der Waals surface area contributed by atoms with Crippen LogP contribution >= 0.6 is 39.1 Å². The molecule has 2 saturated heterocycles.